The standard InChI is InChI=1S/C35H44F3NO4/c1-3-4-5-6-7-11-22-43-33-20-18-30(25-39-33)32-24-29(17-19-31(32)28-13-9-8-10-14-28)27(15-12-16-34(40)41)21-23-42-26(2)35(36,37)38/h8-10,13-14,17-20,24-27H,3-7,11-12,15-16,21-23H2,1-2H3,(H,40,41). The first kappa shape index (κ1) is 34.1. The number of benzene rings is 2. The molecule has 43 heavy (non-hydrogen) atoms. The van der Waals surface area contributed by atoms with Crippen molar-refractivity contribution in [1.82, 2.24) is 4.98 Å². The van der Waals surface area contributed by atoms with Gasteiger partial charge in [0, 0.05) is 30.9 Å². The first-order valence-electron chi connectivity index (χ1n) is 15.4. The maximum absolute atomic E-state index is 13.0. The number of carboxylic acid groups (broad SMARTS) is 1. The molecule has 1 heterocycles. The molecule has 3 aromatic rings. The number of pyridine rings is 1. The van der Waals surface area contributed by atoms with Crippen molar-refractivity contribution in [3.63, 3.8) is 0 Å². The Bertz CT molecular complexity index is 1230. The van der Waals surface area contributed by atoms with Crippen LogP contribution in [0.2, 0.25) is 0 Å². The summed E-state index contributed by atoms with van der Waals surface area (Å²) in [6, 6.07) is 19.8. The number of rotatable bonds is 19. The van der Waals surface area contributed by atoms with E-state index in [1.54, 1.807) is 6.20 Å². The third-order valence-electron chi connectivity index (χ3n) is 7.63. The Hall–Kier alpha value is -3.39. The third-order valence-corrected chi connectivity index (χ3v) is 7.63. The maximum atomic E-state index is 13.0. The zero-order chi connectivity index (χ0) is 31.1. The molecule has 0 radical (unpaired) electrons. The monoisotopic (exact) mass is 599 g/mol. The summed E-state index contributed by atoms with van der Waals surface area (Å²) < 4.78 is 50.0. The number of halogens is 3. The van der Waals surface area contributed by atoms with Gasteiger partial charge in [-0.15, -0.1) is 0 Å². The molecule has 1 N–H and O–H groups in total. The number of carbonyl (C=O) groups is 1. The number of ether oxygens (including phenoxy) is 2. The van der Waals surface area contributed by atoms with Gasteiger partial charge in [0.1, 0.15) is 0 Å². The van der Waals surface area contributed by atoms with Gasteiger partial charge in [-0.05, 0) is 66.8 Å². The fraction of sp³-hybridized carbons (Fsp3) is 0.486. The summed E-state index contributed by atoms with van der Waals surface area (Å²) in [7, 11) is 0. The lowest BCUT2D eigenvalue weighted by molar-refractivity contribution is -0.214. The van der Waals surface area contributed by atoms with Gasteiger partial charge < -0.3 is 14.6 Å². The fourth-order valence-electron chi connectivity index (χ4n) is 5.07. The van der Waals surface area contributed by atoms with E-state index in [0.29, 0.717) is 31.7 Å². The predicted octanol–water partition coefficient (Wildman–Crippen LogP) is 9.85. The summed E-state index contributed by atoms with van der Waals surface area (Å²) in [4.78, 5) is 15.7. The molecule has 2 aromatic carbocycles. The van der Waals surface area contributed by atoms with Crippen LogP contribution in [-0.2, 0) is 9.53 Å². The average molecular weight is 600 g/mol. The number of alkyl halides is 3. The summed E-state index contributed by atoms with van der Waals surface area (Å²) in [6.07, 6.45) is 3.85. The Labute approximate surface area is 253 Å². The van der Waals surface area contributed by atoms with Crippen molar-refractivity contribution in [2.45, 2.75) is 96.3 Å². The van der Waals surface area contributed by atoms with Gasteiger partial charge >= 0.3 is 12.1 Å². The summed E-state index contributed by atoms with van der Waals surface area (Å²) in [5, 5.41) is 9.16. The quantitative estimate of drug-likeness (QED) is 0.139. The molecule has 0 spiro atoms. The van der Waals surface area contributed by atoms with Crippen LogP contribution in [0.15, 0.2) is 66.9 Å². The highest BCUT2D eigenvalue weighted by molar-refractivity contribution is 5.83. The third kappa shape index (κ3) is 11.7. The van der Waals surface area contributed by atoms with Crippen LogP contribution in [0.1, 0.15) is 89.5 Å². The molecule has 0 aliphatic carbocycles. The molecule has 2 atom stereocenters. The van der Waals surface area contributed by atoms with E-state index < -0.39 is 18.2 Å². The maximum Gasteiger partial charge on any atom is 0.414 e. The number of hydrogen-bond donors (Lipinski definition) is 1. The van der Waals surface area contributed by atoms with Crippen molar-refractivity contribution in [3.8, 4) is 28.1 Å². The van der Waals surface area contributed by atoms with E-state index in [1.807, 2.05) is 54.6 Å². The highest BCUT2D eigenvalue weighted by atomic mass is 19.4. The molecule has 0 amide bonds. The van der Waals surface area contributed by atoms with E-state index in [0.717, 1.165) is 47.6 Å². The minimum absolute atomic E-state index is 0.00457. The number of unbranched alkanes of at least 4 members (excludes halogenated alkanes) is 5. The summed E-state index contributed by atoms with van der Waals surface area (Å²) in [5.41, 5.74) is 4.77. The molecule has 5 nitrogen and oxygen atoms in total. The van der Waals surface area contributed by atoms with Gasteiger partial charge in [-0.25, -0.2) is 4.98 Å². The largest absolute Gasteiger partial charge is 0.481 e. The Morgan fingerprint density at radius 1 is 0.860 bits per heavy atom. The van der Waals surface area contributed by atoms with E-state index in [1.165, 1.54) is 25.7 Å². The molecule has 2 unspecified atom stereocenters. The summed E-state index contributed by atoms with van der Waals surface area (Å²) in [6.45, 7) is 3.74. The second-order valence-electron chi connectivity index (χ2n) is 11.0. The first-order chi connectivity index (χ1) is 20.7. The van der Waals surface area contributed by atoms with E-state index in [-0.39, 0.29) is 18.9 Å². The second-order valence-corrected chi connectivity index (χ2v) is 11.0. The molecule has 0 saturated heterocycles. The average Bonchev–Trinajstić information content (AvgIpc) is 2.99. The van der Waals surface area contributed by atoms with Crippen LogP contribution in [0, 0.1) is 0 Å². The number of carboxylic acids is 1. The molecule has 0 aliphatic rings. The lowest BCUT2D eigenvalue weighted by Crippen LogP contribution is -2.29. The molecule has 0 bridgehead atoms. The van der Waals surface area contributed by atoms with E-state index in [4.69, 9.17) is 14.6 Å². The predicted molar refractivity (Wildman–Crippen MR) is 164 cm³/mol. The van der Waals surface area contributed by atoms with Crippen LogP contribution in [0.25, 0.3) is 22.3 Å². The number of aromatic nitrogens is 1. The van der Waals surface area contributed by atoms with Crippen LogP contribution in [0.4, 0.5) is 13.2 Å². The van der Waals surface area contributed by atoms with Gasteiger partial charge in [-0.1, -0.05) is 87.6 Å². The number of aliphatic carboxylic acids is 1. The minimum atomic E-state index is -4.43. The zero-order valence-electron chi connectivity index (χ0n) is 25.2. The van der Waals surface area contributed by atoms with E-state index in [9.17, 15) is 18.0 Å². The van der Waals surface area contributed by atoms with Gasteiger partial charge in [-0.3, -0.25) is 4.79 Å². The lowest BCUT2D eigenvalue weighted by atomic mass is 9.86. The van der Waals surface area contributed by atoms with E-state index in [2.05, 4.69) is 18.0 Å². The normalized spacial score (nSPS) is 13.0. The van der Waals surface area contributed by atoms with Gasteiger partial charge in [0.2, 0.25) is 5.88 Å². The van der Waals surface area contributed by atoms with Gasteiger partial charge in [0.05, 0.1) is 6.61 Å². The van der Waals surface area contributed by atoms with Crippen molar-refractivity contribution >= 4 is 5.97 Å². The van der Waals surface area contributed by atoms with Crippen molar-refractivity contribution in [2.75, 3.05) is 13.2 Å². The van der Waals surface area contributed by atoms with Crippen molar-refractivity contribution in [3.05, 3.63) is 72.4 Å². The molecule has 8 heteroatoms. The smallest absolute Gasteiger partial charge is 0.414 e. The highest BCUT2D eigenvalue weighted by Gasteiger charge is 2.36. The number of hydrogen-bond acceptors (Lipinski definition) is 4. The zero-order valence-corrected chi connectivity index (χ0v) is 25.2. The fourth-order valence-corrected chi connectivity index (χ4v) is 5.07. The lowest BCUT2D eigenvalue weighted by Gasteiger charge is -2.22. The van der Waals surface area contributed by atoms with Crippen molar-refractivity contribution < 1.29 is 32.5 Å². The molecule has 1 aromatic heterocycles. The SMILES string of the molecule is CCCCCCCCOc1ccc(-c2cc(C(CCCC(=O)O)CCOC(C)C(F)(F)F)ccc2-c2ccccc2)cn1. The van der Waals surface area contributed by atoms with Gasteiger partial charge in [-0.2, -0.15) is 13.2 Å². The Morgan fingerprint density at radius 2 is 1.60 bits per heavy atom. The summed E-state index contributed by atoms with van der Waals surface area (Å²) >= 11 is 0. The van der Waals surface area contributed by atoms with Crippen LogP contribution >= 0.6 is 0 Å². The van der Waals surface area contributed by atoms with Crippen LogP contribution in [0.5, 0.6) is 5.88 Å². The molecular formula is C35H44F3NO4. The van der Waals surface area contributed by atoms with Crippen LogP contribution < -0.4 is 4.74 Å². The van der Waals surface area contributed by atoms with Crippen molar-refractivity contribution in [2.24, 2.45) is 0 Å². The minimum Gasteiger partial charge on any atom is -0.481 e. The molecule has 0 aliphatic heterocycles. The Balaban J connectivity index is 1.82. The number of nitrogens with zero attached hydrogens (tertiary/aromatic N) is 1. The van der Waals surface area contributed by atoms with Crippen LogP contribution in [-0.4, -0.2) is 41.6 Å². The second kappa shape index (κ2) is 17.7. The van der Waals surface area contributed by atoms with Crippen molar-refractivity contribution in [1.29, 1.82) is 0 Å². The highest BCUT2D eigenvalue weighted by Crippen LogP contribution is 2.37. The topological polar surface area (TPSA) is 68.7 Å². The molecular weight excluding hydrogens is 555 g/mol. The Morgan fingerprint density at radius 3 is 2.28 bits per heavy atom. The van der Waals surface area contributed by atoms with Crippen LogP contribution in [0.3, 0.4) is 0 Å². The van der Waals surface area contributed by atoms with Gasteiger partial charge in [0.25, 0.3) is 0 Å². The van der Waals surface area contributed by atoms with Gasteiger partial charge in [0.15, 0.2) is 6.10 Å². The Kier molecular flexibility index (Phi) is 14.0. The summed E-state index contributed by atoms with van der Waals surface area (Å²) in [5.74, 6) is -0.501. The molecule has 234 valence electrons. The first-order valence-corrected chi connectivity index (χ1v) is 15.4. The van der Waals surface area contributed by atoms with E-state index >= 15 is 0 Å². The molecule has 0 fully saturated rings. The molecule has 3 rings (SSSR count). The molecule has 0 saturated carbocycles.